The molecule has 7 nitrogen and oxygen atoms in total. The number of hydrogen-bond acceptors (Lipinski definition) is 7. The summed E-state index contributed by atoms with van der Waals surface area (Å²) in [5.41, 5.74) is 13.7. The average Bonchev–Trinajstić information content (AvgIpc) is 2.70. The Bertz CT molecular complexity index is 889. The van der Waals surface area contributed by atoms with E-state index in [9.17, 15) is 4.21 Å². The van der Waals surface area contributed by atoms with Gasteiger partial charge in [-0.15, -0.1) is 0 Å². The Kier molecular flexibility index (Phi) is 6.58. The quantitative estimate of drug-likeness (QED) is 0.500. The normalized spacial score (nSPS) is 13.5. The molecule has 0 saturated heterocycles. The van der Waals surface area contributed by atoms with Crippen molar-refractivity contribution in [3.8, 4) is 11.5 Å². The number of nitrogens with two attached hydrogens (primary N) is 3. The maximum absolute atomic E-state index is 12.9. The highest BCUT2D eigenvalue weighted by Gasteiger charge is 2.20. The Morgan fingerprint density at radius 2 is 1.61 bits per heavy atom. The monoisotopic (exact) mass is 404 g/mol. The summed E-state index contributed by atoms with van der Waals surface area (Å²) >= 11 is 0. The molecule has 0 amide bonds. The van der Waals surface area contributed by atoms with Crippen LogP contribution in [-0.4, -0.2) is 18.4 Å². The Morgan fingerprint density at radius 1 is 1.00 bits per heavy atom. The molecule has 1 atom stereocenters. The summed E-state index contributed by atoms with van der Waals surface area (Å²) in [5.74, 6) is 7.14. The summed E-state index contributed by atoms with van der Waals surface area (Å²) in [6.07, 6.45) is 0. The van der Waals surface area contributed by atoms with Crippen LogP contribution in [-0.2, 0) is 16.2 Å². The van der Waals surface area contributed by atoms with Gasteiger partial charge >= 0.3 is 0 Å². The first-order valence-electron chi connectivity index (χ1n) is 8.64. The first-order valence-corrected chi connectivity index (χ1v) is 9.79. The molecule has 0 aliphatic rings. The summed E-state index contributed by atoms with van der Waals surface area (Å²) < 4.78 is 23.4. The minimum absolute atomic E-state index is 0.00257. The molecule has 2 aromatic rings. The number of nitrogens with zero attached hydrogens (tertiary/aromatic N) is 1. The minimum atomic E-state index is -1.66. The summed E-state index contributed by atoms with van der Waals surface area (Å²) in [5, 5.41) is 1.09. The lowest BCUT2D eigenvalue weighted by molar-refractivity contribution is 0.403. The van der Waals surface area contributed by atoms with Crippen molar-refractivity contribution < 1.29 is 13.7 Å². The zero-order chi connectivity index (χ0) is 21.1. The van der Waals surface area contributed by atoms with E-state index in [1.165, 1.54) is 14.2 Å². The van der Waals surface area contributed by atoms with Gasteiger partial charge in [0.2, 0.25) is 0 Å². The van der Waals surface area contributed by atoms with Crippen LogP contribution in [0.2, 0.25) is 0 Å². The number of anilines is 1. The molecular formula is C20H28N4O3S. The Balaban J connectivity index is 2.37. The largest absolute Gasteiger partial charge is 0.497 e. The van der Waals surface area contributed by atoms with E-state index in [0.717, 1.165) is 10.6 Å². The smallest absolute Gasteiger partial charge is 0.151 e. The molecule has 0 saturated carbocycles. The van der Waals surface area contributed by atoms with E-state index in [1.807, 2.05) is 12.1 Å². The van der Waals surface area contributed by atoms with Crippen LogP contribution >= 0.6 is 0 Å². The van der Waals surface area contributed by atoms with Gasteiger partial charge in [-0.25, -0.2) is 10.1 Å². The third kappa shape index (κ3) is 4.58. The maximum atomic E-state index is 12.9. The van der Waals surface area contributed by atoms with Crippen LogP contribution in [0.4, 0.5) is 5.69 Å². The highest BCUT2D eigenvalue weighted by atomic mass is 32.2. The number of rotatable bonds is 6. The fraction of sp³-hybridized carbons (Fsp3) is 0.300. The van der Waals surface area contributed by atoms with E-state index in [2.05, 4.69) is 20.8 Å². The molecule has 1 unspecified atom stereocenters. The van der Waals surface area contributed by atoms with Crippen molar-refractivity contribution in [2.75, 3.05) is 19.2 Å². The number of benzene rings is 2. The van der Waals surface area contributed by atoms with Crippen LogP contribution in [0.15, 0.2) is 58.2 Å². The van der Waals surface area contributed by atoms with Crippen LogP contribution in [0.1, 0.15) is 26.3 Å². The Hall–Kier alpha value is -2.71. The highest BCUT2D eigenvalue weighted by molar-refractivity contribution is 7.89. The van der Waals surface area contributed by atoms with Gasteiger partial charge in [-0.05, 0) is 35.2 Å². The van der Waals surface area contributed by atoms with Crippen molar-refractivity contribution in [2.45, 2.75) is 31.1 Å². The number of hydrazine groups is 1. The van der Waals surface area contributed by atoms with Crippen LogP contribution < -0.4 is 31.8 Å². The lowest BCUT2D eigenvalue weighted by Crippen LogP contribution is -2.37. The zero-order valence-corrected chi connectivity index (χ0v) is 17.7. The molecule has 152 valence electrons. The fourth-order valence-corrected chi connectivity index (χ4v) is 3.46. The molecule has 0 aliphatic heterocycles. The van der Waals surface area contributed by atoms with Gasteiger partial charge in [-0.2, -0.15) is 0 Å². The molecule has 6 N–H and O–H groups in total. The molecule has 0 aromatic heterocycles. The van der Waals surface area contributed by atoms with Crippen LogP contribution in [0.3, 0.4) is 0 Å². The van der Waals surface area contributed by atoms with E-state index < -0.39 is 10.8 Å². The topological polar surface area (TPSA) is 117 Å². The second-order valence-electron chi connectivity index (χ2n) is 7.20. The van der Waals surface area contributed by atoms with E-state index in [4.69, 9.17) is 26.8 Å². The molecule has 2 aromatic carbocycles. The Labute approximate surface area is 168 Å². The number of methoxy groups -OCH3 is 2. The van der Waals surface area contributed by atoms with E-state index in [0.29, 0.717) is 22.1 Å². The van der Waals surface area contributed by atoms with Crippen LogP contribution in [0, 0.1) is 0 Å². The van der Waals surface area contributed by atoms with Gasteiger partial charge in [-0.1, -0.05) is 32.9 Å². The van der Waals surface area contributed by atoms with Gasteiger partial charge in [-0.3, -0.25) is 5.01 Å². The van der Waals surface area contributed by atoms with Crippen molar-refractivity contribution in [3.63, 3.8) is 0 Å². The average molecular weight is 405 g/mol. The summed E-state index contributed by atoms with van der Waals surface area (Å²) in [6, 6.07) is 12.5. The summed E-state index contributed by atoms with van der Waals surface area (Å²) in [4.78, 5) is 0.541. The highest BCUT2D eigenvalue weighted by Crippen LogP contribution is 2.32. The van der Waals surface area contributed by atoms with Crippen molar-refractivity contribution in [1.82, 2.24) is 0 Å². The van der Waals surface area contributed by atoms with Crippen molar-refractivity contribution in [2.24, 2.45) is 17.3 Å². The van der Waals surface area contributed by atoms with Crippen molar-refractivity contribution in [3.05, 3.63) is 58.9 Å². The first-order chi connectivity index (χ1) is 13.1. The van der Waals surface area contributed by atoms with Gasteiger partial charge < -0.3 is 20.9 Å². The zero-order valence-electron chi connectivity index (χ0n) is 16.9. The van der Waals surface area contributed by atoms with Crippen molar-refractivity contribution >= 4 is 16.5 Å². The molecule has 0 radical (unpaired) electrons. The molecule has 0 aliphatic carbocycles. The number of hydrogen-bond donors (Lipinski definition) is 3. The van der Waals surface area contributed by atoms with Gasteiger partial charge in [0.05, 0.1) is 14.2 Å². The number of ether oxygens (including phenoxy) is 2. The van der Waals surface area contributed by atoms with Gasteiger partial charge in [0.1, 0.15) is 33.0 Å². The second-order valence-corrected chi connectivity index (χ2v) is 8.65. The summed E-state index contributed by atoms with van der Waals surface area (Å²) in [7, 11) is 1.38. The predicted octanol–water partition coefficient (Wildman–Crippen LogP) is 2.53. The molecule has 0 spiro atoms. The maximum Gasteiger partial charge on any atom is 0.151 e. The lowest BCUT2D eigenvalue weighted by Gasteiger charge is -2.23. The Morgan fingerprint density at radius 3 is 2.11 bits per heavy atom. The minimum Gasteiger partial charge on any atom is -0.497 e. The second kappa shape index (κ2) is 8.53. The first kappa shape index (κ1) is 21.6. The lowest BCUT2D eigenvalue weighted by atomic mass is 9.87. The van der Waals surface area contributed by atoms with Crippen molar-refractivity contribution in [1.29, 1.82) is 0 Å². The van der Waals surface area contributed by atoms with E-state index >= 15 is 0 Å². The molecule has 0 heterocycles. The summed E-state index contributed by atoms with van der Waals surface area (Å²) in [6.45, 7) is 6.33. The molecule has 0 fully saturated rings. The third-order valence-electron chi connectivity index (χ3n) is 4.29. The molecule has 28 heavy (non-hydrogen) atoms. The SMILES string of the molecule is COc1ccc(OC)c(N(N)/C(N)=C(\N)S(=O)c2ccc(C(C)(C)C)cc2)c1. The molecule has 2 rings (SSSR count). The molecular weight excluding hydrogens is 376 g/mol. The van der Waals surface area contributed by atoms with Gasteiger partial charge in [0, 0.05) is 11.0 Å². The van der Waals surface area contributed by atoms with E-state index in [-0.39, 0.29) is 16.3 Å². The van der Waals surface area contributed by atoms with Gasteiger partial charge in [0.15, 0.2) is 5.82 Å². The molecule has 0 bridgehead atoms. The van der Waals surface area contributed by atoms with Crippen LogP contribution in [0.25, 0.3) is 0 Å². The standard InChI is InChI=1S/C20H28N4O3S/c1-20(2,3)13-6-9-15(10-7-13)28(25)19(22)18(21)24(23)16-12-14(26-4)8-11-17(16)27-5/h6-12H,21-23H2,1-5H3/b19-18+. The van der Waals surface area contributed by atoms with E-state index in [1.54, 1.807) is 30.3 Å². The van der Waals surface area contributed by atoms with Gasteiger partial charge in [0.25, 0.3) is 0 Å². The third-order valence-corrected chi connectivity index (χ3v) is 5.60. The fourth-order valence-electron chi connectivity index (χ4n) is 2.53. The van der Waals surface area contributed by atoms with Crippen LogP contribution in [0.5, 0.6) is 11.5 Å². The predicted molar refractivity (Wildman–Crippen MR) is 113 cm³/mol. The molecule has 8 heteroatoms.